The third-order valence-electron chi connectivity index (χ3n) is 6.46. The van der Waals surface area contributed by atoms with Crippen LogP contribution in [0.4, 0.5) is 5.69 Å². The number of anilines is 1. The first kappa shape index (κ1) is 21.8. The van der Waals surface area contributed by atoms with Crippen LogP contribution < -0.4 is 5.32 Å². The zero-order valence-corrected chi connectivity index (χ0v) is 18.5. The van der Waals surface area contributed by atoms with Crippen LogP contribution in [-0.4, -0.2) is 19.0 Å². The fraction of sp³-hybridized carbons (Fsp3) is 0.286. The molecule has 1 amide bonds. The molecule has 0 atom stereocenters. The molecule has 0 aromatic heterocycles. The number of carbonyl (C=O) groups excluding carboxylic acids is 2. The highest BCUT2D eigenvalue weighted by atomic mass is 16.5. The summed E-state index contributed by atoms with van der Waals surface area (Å²) in [6.45, 7) is 0. The van der Waals surface area contributed by atoms with Gasteiger partial charge < -0.3 is 10.1 Å². The summed E-state index contributed by atoms with van der Waals surface area (Å²) in [4.78, 5) is 25.0. The summed E-state index contributed by atoms with van der Waals surface area (Å²) in [5.41, 5.74) is 2.39. The quantitative estimate of drug-likeness (QED) is 0.379. The van der Waals surface area contributed by atoms with E-state index in [1.54, 1.807) is 6.08 Å². The first-order chi connectivity index (χ1) is 15.6. The molecule has 0 saturated heterocycles. The van der Waals surface area contributed by atoms with Gasteiger partial charge in [-0.1, -0.05) is 73.9 Å². The van der Waals surface area contributed by atoms with Gasteiger partial charge in [-0.05, 0) is 59.4 Å². The van der Waals surface area contributed by atoms with E-state index in [1.165, 1.54) is 35.9 Å². The van der Waals surface area contributed by atoms with Crippen LogP contribution in [0.25, 0.3) is 16.8 Å². The van der Waals surface area contributed by atoms with Gasteiger partial charge in [0.15, 0.2) is 0 Å². The number of benzene rings is 3. The minimum absolute atomic E-state index is 0.0826. The molecule has 1 fully saturated rings. The summed E-state index contributed by atoms with van der Waals surface area (Å²) in [7, 11) is 1.35. The maximum atomic E-state index is 13.7. The molecule has 0 bridgehead atoms. The predicted molar refractivity (Wildman–Crippen MR) is 129 cm³/mol. The summed E-state index contributed by atoms with van der Waals surface area (Å²) < 4.78 is 4.65. The lowest BCUT2D eigenvalue weighted by Gasteiger charge is -2.36. The second kappa shape index (κ2) is 9.82. The van der Waals surface area contributed by atoms with Crippen molar-refractivity contribution in [2.75, 3.05) is 12.4 Å². The Balaban J connectivity index is 1.59. The fourth-order valence-corrected chi connectivity index (χ4v) is 4.74. The third kappa shape index (κ3) is 4.91. The van der Waals surface area contributed by atoms with Crippen molar-refractivity contribution in [3.8, 4) is 0 Å². The van der Waals surface area contributed by atoms with Crippen molar-refractivity contribution < 1.29 is 14.3 Å². The first-order valence-corrected chi connectivity index (χ1v) is 11.2. The van der Waals surface area contributed by atoms with E-state index in [0.717, 1.165) is 43.4 Å². The van der Waals surface area contributed by atoms with E-state index in [2.05, 4.69) is 52.5 Å². The van der Waals surface area contributed by atoms with Gasteiger partial charge in [0.2, 0.25) is 5.91 Å². The first-order valence-electron chi connectivity index (χ1n) is 11.2. The van der Waals surface area contributed by atoms with E-state index in [4.69, 9.17) is 0 Å². The van der Waals surface area contributed by atoms with Crippen molar-refractivity contribution in [2.45, 2.75) is 38.5 Å². The molecule has 32 heavy (non-hydrogen) atoms. The second-order valence-corrected chi connectivity index (χ2v) is 8.59. The van der Waals surface area contributed by atoms with Crippen molar-refractivity contribution in [1.82, 2.24) is 0 Å². The maximum absolute atomic E-state index is 13.7. The van der Waals surface area contributed by atoms with E-state index < -0.39 is 11.4 Å². The van der Waals surface area contributed by atoms with Gasteiger partial charge in [-0.3, -0.25) is 4.79 Å². The molecule has 0 aliphatic heterocycles. The molecule has 0 heterocycles. The number of methoxy groups -OCH3 is 1. The lowest BCUT2D eigenvalue weighted by atomic mass is 9.69. The smallest absolute Gasteiger partial charge is 0.330 e. The van der Waals surface area contributed by atoms with Crippen LogP contribution in [0, 0.1) is 5.41 Å². The minimum atomic E-state index is -0.416. The normalized spacial score (nSPS) is 15.5. The molecule has 0 radical (unpaired) electrons. The largest absolute Gasteiger partial charge is 0.466 e. The Hall–Kier alpha value is -3.40. The number of esters is 1. The molecule has 4 nitrogen and oxygen atoms in total. The van der Waals surface area contributed by atoms with Gasteiger partial charge in [0.25, 0.3) is 0 Å². The van der Waals surface area contributed by atoms with E-state index in [1.807, 2.05) is 24.3 Å². The number of nitrogens with one attached hydrogen (secondary N) is 1. The Bertz CT molecular complexity index is 1140. The van der Waals surface area contributed by atoms with Crippen LogP contribution in [0.1, 0.15) is 43.2 Å². The second-order valence-electron chi connectivity index (χ2n) is 8.59. The molecule has 0 unspecified atom stereocenters. The van der Waals surface area contributed by atoms with Gasteiger partial charge in [0.1, 0.15) is 0 Å². The number of fused-ring (bicyclic) bond motifs is 1. The van der Waals surface area contributed by atoms with Gasteiger partial charge in [0.05, 0.1) is 12.5 Å². The average molecular weight is 428 g/mol. The third-order valence-corrected chi connectivity index (χ3v) is 6.46. The number of rotatable bonds is 6. The number of carbonyl (C=O) groups is 2. The molecule has 1 N–H and O–H groups in total. The summed E-state index contributed by atoms with van der Waals surface area (Å²) >= 11 is 0. The summed E-state index contributed by atoms with van der Waals surface area (Å²) in [5, 5.41) is 5.61. The van der Waals surface area contributed by atoms with Crippen LogP contribution in [0.2, 0.25) is 0 Å². The Morgan fingerprint density at radius 2 is 1.72 bits per heavy atom. The van der Waals surface area contributed by atoms with Crippen LogP contribution in [0.3, 0.4) is 0 Å². The van der Waals surface area contributed by atoms with Crippen LogP contribution in [0.5, 0.6) is 0 Å². The Morgan fingerprint density at radius 3 is 2.53 bits per heavy atom. The molecular weight excluding hydrogens is 398 g/mol. The topological polar surface area (TPSA) is 55.4 Å². The molecule has 1 aliphatic rings. The molecule has 4 rings (SSSR count). The van der Waals surface area contributed by atoms with Gasteiger partial charge >= 0.3 is 5.97 Å². The summed E-state index contributed by atoms with van der Waals surface area (Å²) in [5.74, 6) is -0.324. The van der Waals surface area contributed by atoms with Crippen molar-refractivity contribution in [3.63, 3.8) is 0 Å². The standard InChI is InChI=1S/C28H29NO3/c1-32-26(30)16-15-21-9-7-13-24(19-21)29-27(31)28(17-5-2-6-18-28)20-23-12-8-11-22-10-3-4-14-25(22)23/h3-4,7-16,19H,2,5-6,17-18,20H2,1H3,(H,29,31)/b16-15+. The molecule has 4 heteroatoms. The van der Waals surface area contributed by atoms with E-state index in [-0.39, 0.29) is 5.91 Å². The lowest BCUT2D eigenvalue weighted by molar-refractivity contribution is -0.134. The van der Waals surface area contributed by atoms with Crippen molar-refractivity contribution in [3.05, 3.63) is 83.9 Å². The van der Waals surface area contributed by atoms with Crippen molar-refractivity contribution in [1.29, 1.82) is 0 Å². The van der Waals surface area contributed by atoms with Gasteiger partial charge in [0, 0.05) is 11.8 Å². The van der Waals surface area contributed by atoms with E-state index in [0.29, 0.717) is 0 Å². The van der Waals surface area contributed by atoms with Gasteiger partial charge in [-0.15, -0.1) is 0 Å². The number of ether oxygens (including phenoxy) is 1. The Kier molecular flexibility index (Phi) is 6.69. The number of hydrogen-bond acceptors (Lipinski definition) is 3. The molecule has 1 aliphatic carbocycles. The van der Waals surface area contributed by atoms with Crippen LogP contribution in [-0.2, 0) is 20.7 Å². The molecule has 3 aromatic rings. The zero-order valence-electron chi connectivity index (χ0n) is 18.5. The minimum Gasteiger partial charge on any atom is -0.466 e. The summed E-state index contributed by atoms with van der Waals surface area (Å²) in [6.07, 6.45) is 8.91. The molecule has 1 saturated carbocycles. The number of hydrogen-bond donors (Lipinski definition) is 1. The van der Waals surface area contributed by atoms with Crippen LogP contribution in [0.15, 0.2) is 72.8 Å². The molecule has 3 aromatic carbocycles. The molecule has 164 valence electrons. The highest BCUT2D eigenvalue weighted by Gasteiger charge is 2.39. The molecular formula is C28H29NO3. The Morgan fingerprint density at radius 1 is 0.969 bits per heavy atom. The number of amides is 1. The maximum Gasteiger partial charge on any atom is 0.330 e. The summed E-state index contributed by atoms with van der Waals surface area (Å²) in [6, 6.07) is 22.3. The van der Waals surface area contributed by atoms with Crippen molar-refractivity contribution in [2.24, 2.45) is 5.41 Å². The van der Waals surface area contributed by atoms with Crippen molar-refractivity contribution >= 4 is 34.4 Å². The van der Waals surface area contributed by atoms with E-state index >= 15 is 0 Å². The molecule has 0 spiro atoms. The fourth-order valence-electron chi connectivity index (χ4n) is 4.74. The highest BCUT2D eigenvalue weighted by molar-refractivity contribution is 5.97. The average Bonchev–Trinajstić information content (AvgIpc) is 2.83. The highest BCUT2D eigenvalue weighted by Crippen LogP contribution is 2.41. The van der Waals surface area contributed by atoms with E-state index in [9.17, 15) is 9.59 Å². The lowest BCUT2D eigenvalue weighted by Crippen LogP contribution is -2.40. The SMILES string of the molecule is COC(=O)/C=C/c1cccc(NC(=O)C2(Cc3cccc4ccccc34)CCCCC2)c1. The predicted octanol–water partition coefficient (Wildman–Crippen LogP) is 6.16. The Labute approximate surface area is 189 Å². The monoisotopic (exact) mass is 427 g/mol. The van der Waals surface area contributed by atoms with Gasteiger partial charge in [-0.2, -0.15) is 0 Å². The zero-order chi connectivity index (χ0) is 22.4. The van der Waals surface area contributed by atoms with Crippen LogP contribution >= 0.6 is 0 Å². The van der Waals surface area contributed by atoms with Gasteiger partial charge in [-0.25, -0.2) is 4.79 Å².